The molecule has 10 heteroatoms. The van der Waals surface area contributed by atoms with E-state index in [1.165, 1.54) is 12.1 Å². The van der Waals surface area contributed by atoms with Crippen LogP contribution < -0.4 is 11.1 Å². The van der Waals surface area contributed by atoms with Gasteiger partial charge in [-0.05, 0) is 42.3 Å². The monoisotopic (exact) mass is 404 g/mol. The number of nitrogens with one attached hydrogen (secondary N) is 1. The van der Waals surface area contributed by atoms with E-state index >= 15 is 0 Å². The summed E-state index contributed by atoms with van der Waals surface area (Å²) < 4.78 is 77.0. The first-order valence-electron chi connectivity index (χ1n) is 7.84. The van der Waals surface area contributed by atoms with Gasteiger partial charge in [-0.15, -0.1) is 0 Å². The summed E-state index contributed by atoms with van der Waals surface area (Å²) in [5, 5.41) is 2.26. The molecule has 0 radical (unpaired) electrons. The molecule has 4 nitrogen and oxygen atoms in total. The highest BCUT2D eigenvalue weighted by Gasteiger charge is 2.37. The molecule has 0 unspecified atom stereocenters. The lowest BCUT2D eigenvalue weighted by atomic mass is 10.0. The molecular formula is C18H14F6N2O2. The third-order valence-electron chi connectivity index (χ3n) is 3.76. The highest BCUT2D eigenvalue weighted by molar-refractivity contribution is 5.94. The number of rotatable bonds is 5. The quantitative estimate of drug-likeness (QED) is 0.745. The molecule has 0 aliphatic heterocycles. The van der Waals surface area contributed by atoms with Gasteiger partial charge in [-0.2, -0.15) is 26.3 Å². The van der Waals surface area contributed by atoms with Crippen LogP contribution in [-0.2, 0) is 18.8 Å². The Balaban J connectivity index is 2.15. The molecule has 28 heavy (non-hydrogen) atoms. The summed E-state index contributed by atoms with van der Waals surface area (Å²) in [6.45, 7) is -0.0708. The maximum Gasteiger partial charge on any atom is 0.416 e. The minimum Gasteiger partial charge on any atom is -0.366 e. The molecule has 0 saturated carbocycles. The molecular weight excluding hydrogens is 390 g/mol. The normalized spacial score (nSPS) is 11.9. The molecule has 0 fully saturated rings. The van der Waals surface area contributed by atoms with E-state index in [-0.39, 0.29) is 24.6 Å². The molecule has 0 heterocycles. The fraction of sp³-hybridized carbons (Fsp3) is 0.222. The van der Waals surface area contributed by atoms with Crippen molar-refractivity contribution in [1.82, 2.24) is 5.32 Å². The Kier molecular flexibility index (Phi) is 6.01. The third kappa shape index (κ3) is 5.48. The van der Waals surface area contributed by atoms with Crippen molar-refractivity contribution in [3.05, 3.63) is 70.3 Å². The smallest absolute Gasteiger partial charge is 0.366 e. The van der Waals surface area contributed by atoms with Crippen LogP contribution in [-0.4, -0.2) is 18.4 Å². The molecule has 0 aromatic heterocycles. The number of nitrogens with two attached hydrogens (primary N) is 1. The minimum atomic E-state index is -5.04. The SMILES string of the molecule is NC(=O)c1cccc(CCNC(=O)c2cc(C(F)(F)F)cc(C(F)(F)F)c2)c1. The van der Waals surface area contributed by atoms with Crippen molar-refractivity contribution in [2.45, 2.75) is 18.8 Å². The number of hydrogen-bond acceptors (Lipinski definition) is 2. The average Bonchev–Trinajstić information content (AvgIpc) is 2.60. The molecule has 0 aliphatic rings. The molecule has 3 N–H and O–H groups in total. The maximum absolute atomic E-state index is 12.8. The predicted octanol–water partition coefficient (Wildman–Crippen LogP) is 3.80. The lowest BCUT2D eigenvalue weighted by Gasteiger charge is -2.14. The van der Waals surface area contributed by atoms with Gasteiger partial charge in [-0.25, -0.2) is 0 Å². The largest absolute Gasteiger partial charge is 0.416 e. The molecule has 150 valence electrons. The van der Waals surface area contributed by atoms with Crippen LogP contribution >= 0.6 is 0 Å². The van der Waals surface area contributed by atoms with Crippen LogP contribution in [0.1, 0.15) is 37.4 Å². The van der Waals surface area contributed by atoms with Gasteiger partial charge in [0.15, 0.2) is 0 Å². The number of carbonyl (C=O) groups excluding carboxylic acids is 2. The summed E-state index contributed by atoms with van der Waals surface area (Å²) in [5.41, 5.74) is 2.09. The van der Waals surface area contributed by atoms with Crippen LogP contribution in [0.2, 0.25) is 0 Å². The molecule has 2 aromatic carbocycles. The van der Waals surface area contributed by atoms with Crippen molar-refractivity contribution in [1.29, 1.82) is 0 Å². The summed E-state index contributed by atoms with van der Waals surface area (Å²) in [6, 6.07) is 6.80. The van der Waals surface area contributed by atoms with Crippen molar-refractivity contribution < 1.29 is 35.9 Å². The highest BCUT2D eigenvalue weighted by Crippen LogP contribution is 2.36. The van der Waals surface area contributed by atoms with Crippen molar-refractivity contribution in [3.63, 3.8) is 0 Å². The molecule has 0 spiro atoms. The zero-order valence-corrected chi connectivity index (χ0v) is 14.1. The van der Waals surface area contributed by atoms with E-state index in [1.54, 1.807) is 12.1 Å². The molecule has 0 bridgehead atoms. The summed E-state index contributed by atoms with van der Waals surface area (Å²) >= 11 is 0. The van der Waals surface area contributed by atoms with E-state index in [4.69, 9.17) is 5.73 Å². The second-order valence-electron chi connectivity index (χ2n) is 5.87. The van der Waals surface area contributed by atoms with Gasteiger partial charge < -0.3 is 11.1 Å². The number of carbonyl (C=O) groups is 2. The van der Waals surface area contributed by atoms with Crippen molar-refractivity contribution >= 4 is 11.8 Å². The molecule has 2 rings (SSSR count). The number of benzene rings is 2. The maximum atomic E-state index is 12.8. The predicted molar refractivity (Wildman–Crippen MR) is 87.4 cm³/mol. The van der Waals surface area contributed by atoms with Crippen LogP contribution in [0, 0.1) is 0 Å². The topological polar surface area (TPSA) is 72.2 Å². The summed E-state index contributed by atoms with van der Waals surface area (Å²) in [6.07, 6.45) is -9.88. The Morgan fingerprint density at radius 3 is 1.93 bits per heavy atom. The molecule has 2 aromatic rings. The molecule has 0 saturated heterocycles. The van der Waals surface area contributed by atoms with Gasteiger partial charge >= 0.3 is 12.4 Å². The number of amides is 2. The fourth-order valence-corrected chi connectivity index (χ4v) is 2.39. The van der Waals surface area contributed by atoms with Crippen LogP contribution in [0.3, 0.4) is 0 Å². The van der Waals surface area contributed by atoms with Gasteiger partial charge in [0.05, 0.1) is 11.1 Å². The van der Waals surface area contributed by atoms with E-state index in [2.05, 4.69) is 5.32 Å². The van der Waals surface area contributed by atoms with E-state index < -0.39 is 40.9 Å². The summed E-state index contributed by atoms with van der Waals surface area (Å²) in [5.74, 6) is -1.74. The van der Waals surface area contributed by atoms with E-state index in [0.717, 1.165) is 0 Å². The third-order valence-corrected chi connectivity index (χ3v) is 3.76. The summed E-state index contributed by atoms with van der Waals surface area (Å²) in [7, 11) is 0. The van der Waals surface area contributed by atoms with Gasteiger partial charge in [0.1, 0.15) is 0 Å². The molecule has 2 amide bonds. The van der Waals surface area contributed by atoms with Crippen LogP contribution in [0.4, 0.5) is 26.3 Å². The first-order chi connectivity index (χ1) is 12.9. The standard InChI is InChI=1S/C18H14F6N2O2/c19-17(20,21)13-7-12(8-14(9-13)18(22,23)24)16(28)26-5-4-10-2-1-3-11(6-10)15(25)27/h1-3,6-9H,4-5H2,(H2,25,27)(H,26,28). The molecule has 0 atom stereocenters. The van der Waals surface area contributed by atoms with Crippen molar-refractivity contribution in [3.8, 4) is 0 Å². The second kappa shape index (κ2) is 7.91. The average molecular weight is 404 g/mol. The number of hydrogen-bond donors (Lipinski definition) is 2. The van der Waals surface area contributed by atoms with Crippen LogP contribution in [0.15, 0.2) is 42.5 Å². The van der Waals surface area contributed by atoms with Gasteiger partial charge in [-0.3, -0.25) is 9.59 Å². The zero-order chi connectivity index (χ0) is 21.1. The Hall–Kier alpha value is -3.04. The number of alkyl halides is 6. The lowest BCUT2D eigenvalue weighted by molar-refractivity contribution is -0.143. The Labute approximate surface area is 155 Å². The second-order valence-corrected chi connectivity index (χ2v) is 5.87. The first-order valence-corrected chi connectivity index (χ1v) is 7.84. The molecule has 0 aliphatic carbocycles. The lowest BCUT2D eigenvalue weighted by Crippen LogP contribution is -2.26. The van der Waals surface area contributed by atoms with Crippen LogP contribution in [0.5, 0.6) is 0 Å². The van der Waals surface area contributed by atoms with Gasteiger partial charge in [-0.1, -0.05) is 12.1 Å². The van der Waals surface area contributed by atoms with E-state index in [1.807, 2.05) is 0 Å². The Morgan fingerprint density at radius 1 is 0.857 bits per heavy atom. The summed E-state index contributed by atoms with van der Waals surface area (Å²) in [4.78, 5) is 23.2. The van der Waals surface area contributed by atoms with Crippen LogP contribution in [0.25, 0.3) is 0 Å². The Morgan fingerprint density at radius 2 is 1.43 bits per heavy atom. The minimum absolute atomic E-state index is 0.0495. The number of primary amides is 1. The fourth-order valence-electron chi connectivity index (χ4n) is 2.39. The van der Waals surface area contributed by atoms with Crippen molar-refractivity contribution in [2.75, 3.05) is 6.54 Å². The highest BCUT2D eigenvalue weighted by atomic mass is 19.4. The Bertz CT molecular complexity index is 858. The van der Waals surface area contributed by atoms with Gasteiger partial charge in [0.2, 0.25) is 5.91 Å². The van der Waals surface area contributed by atoms with E-state index in [9.17, 15) is 35.9 Å². The number of halogens is 6. The van der Waals surface area contributed by atoms with Crippen molar-refractivity contribution in [2.24, 2.45) is 5.73 Å². The van der Waals surface area contributed by atoms with Gasteiger partial charge in [0.25, 0.3) is 5.91 Å². The van der Waals surface area contributed by atoms with Gasteiger partial charge in [0, 0.05) is 17.7 Å². The zero-order valence-electron chi connectivity index (χ0n) is 14.1. The van der Waals surface area contributed by atoms with E-state index in [0.29, 0.717) is 17.7 Å². The first kappa shape index (κ1) is 21.3.